The predicted octanol–water partition coefficient (Wildman–Crippen LogP) is 6.21. The number of rotatable bonds is 3. The zero-order valence-electron chi connectivity index (χ0n) is 12.0. The smallest absolute Gasteiger partial charge is 0.238 e. The standard InChI is InChI=1S/C18H14F3N/c1-3-13(11-15-7-4-5-10-17(15)22-2)14-8-6-9-16(12-14)18(19,20)21/h4-12H,3H2,1H3/b13-11+. The summed E-state index contributed by atoms with van der Waals surface area (Å²) in [5.74, 6) is 0. The first kappa shape index (κ1) is 15.8. The van der Waals surface area contributed by atoms with Gasteiger partial charge in [0.2, 0.25) is 0 Å². The summed E-state index contributed by atoms with van der Waals surface area (Å²) in [6.07, 6.45) is -2.00. The van der Waals surface area contributed by atoms with Gasteiger partial charge in [-0.15, -0.1) is 0 Å². The number of hydrogen-bond donors (Lipinski definition) is 0. The summed E-state index contributed by atoms with van der Waals surface area (Å²) in [7, 11) is 0. The minimum Gasteiger partial charge on any atom is -0.238 e. The van der Waals surface area contributed by atoms with Crippen LogP contribution < -0.4 is 0 Å². The molecule has 0 aromatic heterocycles. The Kier molecular flexibility index (Phi) is 4.67. The minimum atomic E-state index is -4.36. The van der Waals surface area contributed by atoms with Gasteiger partial charge in [-0.2, -0.15) is 13.2 Å². The lowest BCUT2D eigenvalue weighted by Gasteiger charge is -2.11. The maximum absolute atomic E-state index is 12.8. The van der Waals surface area contributed by atoms with Crippen LogP contribution in [0, 0.1) is 6.57 Å². The Hall–Kier alpha value is -2.54. The molecular formula is C18H14F3N. The summed E-state index contributed by atoms with van der Waals surface area (Å²) in [6.45, 7) is 9.04. The van der Waals surface area contributed by atoms with Crippen molar-refractivity contribution >= 4 is 17.3 Å². The van der Waals surface area contributed by atoms with E-state index in [1.165, 1.54) is 6.07 Å². The molecule has 0 saturated carbocycles. The van der Waals surface area contributed by atoms with Gasteiger partial charge in [0.15, 0.2) is 5.69 Å². The molecule has 22 heavy (non-hydrogen) atoms. The molecule has 2 aromatic carbocycles. The van der Waals surface area contributed by atoms with Crippen LogP contribution in [0.25, 0.3) is 16.5 Å². The number of alkyl halides is 3. The van der Waals surface area contributed by atoms with E-state index in [0.717, 1.165) is 17.7 Å². The fourth-order valence-electron chi connectivity index (χ4n) is 2.18. The van der Waals surface area contributed by atoms with Crippen molar-refractivity contribution in [1.29, 1.82) is 0 Å². The van der Waals surface area contributed by atoms with Crippen molar-refractivity contribution in [2.75, 3.05) is 0 Å². The molecule has 1 nitrogen and oxygen atoms in total. The SMILES string of the molecule is [C-]#[N+]c1ccccc1/C=C(\CC)c1cccc(C(F)(F)F)c1. The van der Waals surface area contributed by atoms with Crippen LogP contribution in [0.4, 0.5) is 18.9 Å². The van der Waals surface area contributed by atoms with Crippen LogP contribution >= 0.6 is 0 Å². The van der Waals surface area contributed by atoms with E-state index in [2.05, 4.69) is 4.85 Å². The molecule has 0 amide bonds. The van der Waals surface area contributed by atoms with Gasteiger partial charge in [0.25, 0.3) is 0 Å². The Morgan fingerprint density at radius 3 is 2.50 bits per heavy atom. The summed E-state index contributed by atoms with van der Waals surface area (Å²) in [5, 5.41) is 0. The molecule has 0 saturated heterocycles. The quantitative estimate of drug-likeness (QED) is 0.469. The zero-order chi connectivity index (χ0) is 16.2. The maximum Gasteiger partial charge on any atom is 0.416 e. The molecule has 0 atom stereocenters. The van der Waals surface area contributed by atoms with E-state index >= 15 is 0 Å². The van der Waals surface area contributed by atoms with Crippen molar-refractivity contribution in [3.8, 4) is 0 Å². The second kappa shape index (κ2) is 6.48. The number of hydrogen-bond acceptors (Lipinski definition) is 0. The summed E-state index contributed by atoms with van der Waals surface area (Å²) in [6, 6.07) is 12.3. The van der Waals surface area contributed by atoms with Gasteiger partial charge in [-0.3, -0.25) is 0 Å². The van der Waals surface area contributed by atoms with E-state index in [0.29, 0.717) is 23.2 Å². The number of nitrogens with zero attached hydrogens (tertiary/aromatic N) is 1. The van der Waals surface area contributed by atoms with Gasteiger partial charge in [-0.05, 0) is 35.3 Å². The molecule has 4 heteroatoms. The molecule has 112 valence electrons. The molecule has 0 spiro atoms. The lowest BCUT2D eigenvalue weighted by molar-refractivity contribution is -0.137. The highest BCUT2D eigenvalue weighted by Crippen LogP contribution is 2.33. The zero-order valence-corrected chi connectivity index (χ0v) is 12.0. The molecule has 0 aliphatic heterocycles. The lowest BCUT2D eigenvalue weighted by atomic mass is 9.98. The average molecular weight is 301 g/mol. The molecular weight excluding hydrogens is 287 g/mol. The van der Waals surface area contributed by atoms with Gasteiger partial charge >= 0.3 is 6.18 Å². The van der Waals surface area contributed by atoms with E-state index < -0.39 is 11.7 Å². The van der Waals surface area contributed by atoms with Crippen LogP contribution in [0.15, 0.2) is 48.5 Å². The number of benzene rings is 2. The maximum atomic E-state index is 12.8. The predicted molar refractivity (Wildman–Crippen MR) is 82.3 cm³/mol. The lowest BCUT2D eigenvalue weighted by Crippen LogP contribution is -2.05. The third-order valence-electron chi connectivity index (χ3n) is 3.33. The van der Waals surface area contributed by atoms with Crippen molar-refractivity contribution in [3.05, 3.63) is 76.6 Å². The largest absolute Gasteiger partial charge is 0.416 e. The van der Waals surface area contributed by atoms with Crippen LogP contribution in [0.2, 0.25) is 0 Å². The van der Waals surface area contributed by atoms with Crippen LogP contribution in [-0.2, 0) is 6.18 Å². The van der Waals surface area contributed by atoms with E-state index in [4.69, 9.17) is 6.57 Å². The highest BCUT2D eigenvalue weighted by atomic mass is 19.4. The molecule has 0 aliphatic rings. The van der Waals surface area contributed by atoms with Crippen LogP contribution in [-0.4, -0.2) is 0 Å². The van der Waals surface area contributed by atoms with Gasteiger partial charge < -0.3 is 0 Å². The first-order chi connectivity index (χ1) is 10.5. The Morgan fingerprint density at radius 2 is 1.86 bits per heavy atom. The van der Waals surface area contributed by atoms with Gasteiger partial charge in [-0.25, -0.2) is 4.85 Å². The number of allylic oxidation sites excluding steroid dienone is 1. The van der Waals surface area contributed by atoms with E-state index in [1.807, 2.05) is 6.92 Å². The van der Waals surface area contributed by atoms with Crippen LogP contribution in [0.3, 0.4) is 0 Å². The first-order valence-corrected chi connectivity index (χ1v) is 6.80. The van der Waals surface area contributed by atoms with Crippen molar-refractivity contribution in [1.82, 2.24) is 0 Å². The third-order valence-corrected chi connectivity index (χ3v) is 3.33. The first-order valence-electron chi connectivity index (χ1n) is 6.80. The van der Waals surface area contributed by atoms with Crippen LogP contribution in [0.1, 0.15) is 30.0 Å². The minimum absolute atomic E-state index is 0.487. The third kappa shape index (κ3) is 3.56. The molecule has 0 fully saturated rings. The molecule has 2 aromatic rings. The van der Waals surface area contributed by atoms with Crippen molar-refractivity contribution in [2.24, 2.45) is 0 Å². The van der Waals surface area contributed by atoms with Gasteiger partial charge in [-0.1, -0.05) is 49.4 Å². The van der Waals surface area contributed by atoms with E-state index in [1.54, 1.807) is 36.4 Å². The molecule has 0 bridgehead atoms. The van der Waals surface area contributed by atoms with Gasteiger partial charge in [0, 0.05) is 0 Å². The second-order valence-electron chi connectivity index (χ2n) is 4.77. The molecule has 0 N–H and O–H groups in total. The second-order valence-corrected chi connectivity index (χ2v) is 4.77. The van der Waals surface area contributed by atoms with E-state index in [-0.39, 0.29) is 0 Å². The molecule has 0 heterocycles. The Bertz CT molecular complexity index is 736. The highest BCUT2D eigenvalue weighted by Gasteiger charge is 2.30. The Balaban J connectivity index is 2.49. The fraction of sp³-hybridized carbons (Fsp3) is 0.167. The Morgan fingerprint density at radius 1 is 1.14 bits per heavy atom. The molecule has 2 rings (SSSR count). The number of halogens is 3. The normalized spacial score (nSPS) is 12.0. The monoisotopic (exact) mass is 301 g/mol. The highest BCUT2D eigenvalue weighted by molar-refractivity contribution is 5.85. The topological polar surface area (TPSA) is 4.36 Å². The van der Waals surface area contributed by atoms with Gasteiger partial charge in [0.1, 0.15) is 0 Å². The summed E-state index contributed by atoms with van der Waals surface area (Å²) in [5.41, 5.74) is 1.83. The molecule has 0 radical (unpaired) electrons. The summed E-state index contributed by atoms with van der Waals surface area (Å²) >= 11 is 0. The van der Waals surface area contributed by atoms with E-state index in [9.17, 15) is 13.2 Å². The van der Waals surface area contributed by atoms with Crippen molar-refractivity contribution in [3.63, 3.8) is 0 Å². The van der Waals surface area contributed by atoms with Gasteiger partial charge in [0.05, 0.1) is 12.1 Å². The summed E-state index contributed by atoms with van der Waals surface area (Å²) < 4.78 is 38.5. The Labute approximate surface area is 127 Å². The van der Waals surface area contributed by atoms with Crippen molar-refractivity contribution in [2.45, 2.75) is 19.5 Å². The molecule has 0 aliphatic carbocycles. The fourth-order valence-corrected chi connectivity index (χ4v) is 2.18. The summed E-state index contributed by atoms with van der Waals surface area (Å²) in [4.78, 5) is 3.43. The van der Waals surface area contributed by atoms with Crippen LogP contribution in [0.5, 0.6) is 0 Å². The average Bonchev–Trinajstić information content (AvgIpc) is 2.52. The van der Waals surface area contributed by atoms with Crippen molar-refractivity contribution < 1.29 is 13.2 Å². The number of para-hydroxylation sites is 1. The molecule has 0 unspecified atom stereocenters.